The third kappa shape index (κ3) is 2.04. The van der Waals surface area contributed by atoms with Crippen LogP contribution in [-0.2, 0) is 4.79 Å². The van der Waals surface area contributed by atoms with Gasteiger partial charge in [0.05, 0.1) is 0 Å². The van der Waals surface area contributed by atoms with E-state index >= 15 is 0 Å². The van der Waals surface area contributed by atoms with Crippen molar-refractivity contribution in [1.82, 2.24) is 10.2 Å². The summed E-state index contributed by atoms with van der Waals surface area (Å²) in [6.45, 7) is 3.51. The zero-order valence-corrected chi connectivity index (χ0v) is 8.33. The van der Waals surface area contributed by atoms with Crippen molar-refractivity contribution in [3.63, 3.8) is 0 Å². The number of nitrogens with one attached hydrogen (secondary N) is 1. The van der Waals surface area contributed by atoms with Gasteiger partial charge in [0.2, 0.25) is 0 Å². The smallest absolute Gasteiger partial charge is 0.253 e. The highest BCUT2D eigenvalue weighted by molar-refractivity contribution is 5.96. The van der Waals surface area contributed by atoms with E-state index in [1.807, 2.05) is 17.1 Å². The molecule has 1 N–H and O–H groups in total. The fraction of sp³-hybridized carbons (Fsp3) is 0.545. The largest absolute Gasteiger partial charge is 0.336 e. The first-order chi connectivity index (χ1) is 6.88. The number of piperazine rings is 1. The minimum Gasteiger partial charge on any atom is -0.336 e. The molecule has 0 spiro atoms. The van der Waals surface area contributed by atoms with Crippen molar-refractivity contribution < 1.29 is 4.79 Å². The maximum absolute atomic E-state index is 11.9. The van der Waals surface area contributed by atoms with Crippen molar-refractivity contribution in [2.75, 3.05) is 26.2 Å². The molecule has 0 bridgehead atoms. The van der Waals surface area contributed by atoms with Crippen LogP contribution in [-0.4, -0.2) is 37.0 Å². The molecule has 0 aromatic carbocycles. The van der Waals surface area contributed by atoms with Gasteiger partial charge in [-0.2, -0.15) is 0 Å². The normalized spacial score (nSPS) is 22.0. The topological polar surface area (TPSA) is 32.3 Å². The van der Waals surface area contributed by atoms with Crippen molar-refractivity contribution in [1.29, 1.82) is 0 Å². The van der Waals surface area contributed by atoms with Crippen LogP contribution in [0.1, 0.15) is 12.8 Å². The highest BCUT2D eigenvalue weighted by atomic mass is 16.2. The second-order valence-corrected chi connectivity index (χ2v) is 3.68. The highest BCUT2D eigenvalue weighted by Gasteiger charge is 2.18. The lowest BCUT2D eigenvalue weighted by molar-refractivity contribution is -0.127. The summed E-state index contributed by atoms with van der Waals surface area (Å²) < 4.78 is 0. The molecule has 1 aliphatic carbocycles. The van der Waals surface area contributed by atoms with Crippen LogP contribution in [0.5, 0.6) is 0 Å². The minimum absolute atomic E-state index is 0.197. The number of hydrogen-bond acceptors (Lipinski definition) is 2. The van der Waals surface area contributed by atoms with Gasteiger partial charge in [0, 0.05) is 31.8 Å². The van der Waals surface area contributed by atoms with E-state index < -0.39 is 0 Å². The molecular weight excluding hydrogens is 176 g/mol. The Morgan fingerprint density at radius 3 is 2.71 bits per heavy atom. The Kier molecular flexibility index (Phi) is 2.99. The minimum atomic E-state index is 0.197. The summed E-state index contributed by atoms with van der Waals surface area (Å²) in [5, 5.41) is 3.24. The Balaban J connectivity index is 1.99. The molecular formula is C11H16N2O. The Hall–Kier alpha value is -1.09. The maximum atomic E-state index is 11.9. The molecule has 3 heteroatoms. The molecule has 0 saturated carbocycles. The Morgan fingerprint density at radius 2 is 2.07 bits per heavy atom. The number of carbonyl (C=O) groups excluding carboxylic acids is 1. The van der Waals surface area contributed by atoms with Crippen LogP contribution >= 0.6 is 0 Å². The SMILES string of the molecule is O=C(C1=CCCC=C1)N1CCNCC1. The van der Waals surface area contributed by atoms with E-state index in [-0.39, 0.29) is 5.91 Å². The van der Waals surface area contributed by atoms with E-state index in [1.54, 1.807) is 0 Å². The highest BCUT2D eigenvalue weighted by Crippen LogP contribution is 2.12. The first kappa shape index (κ1) is 9.46. The van der Waals surface area contributed by atoms with Crippen LogP contribution in [0.25, 0.3) is 0 Å². The zero-order valence-electron chi connectivity index (χ0n) is 8.33. The average Bonchev–Trinajstić information content (AvgIpc) is 2.30. The monoisotopic (exact) mass is 192 g/mol. The third-order valence-electron chi connectivity index (χ3n) is 2.65. The molecule has 0 unspecified atom stereocenters. The Labute approximate surface area is 84.5 Å². The number of hydrogen-bond donors (Lipinski definition) is 1. The van der Waals surface area contributed by atoms with Crippen LogP contribution in [0.3, 0.4) is 0 Å². The first-order valence-corrected chi connectivity index (χ1v) is 5.24. The maximum Gasteiger partial charge on any atom is 0.253 e. The molecule has 3 nitrogen and oxygen atoms in total. The number of nitrogens with zero attached hydrogens (tertiary/aromatic N) is 1. The molecule has 0 aromatic rings. The molecule has 1 saturated heterocycles. The summed E-state index contributed by atoms with van der Waals surface area (Å²) in [7, 11) is 0. The molecule has 1 aliphatic heterocycles. The lowest BCUT2D eigenvalue weighted by Crippen LogP contribution is -2.46. The van der Waals surface area contributed by atoms with Crippen LogP contribution in [0.2, 0.25) is 0 Å². The fourth-order valence-electron chi connectivity index (χ4n) is 1.82. The number of carbonyl (C=O) groups is 1. The molecule has 1 fully saturated rings. The lowest BCUT2D eigenvalue weighted by atomic mass is 10.1. The lowest BCUT2D eigenvalue weighted by Gasteiger charge is -2.28. The van der Waals surface area contributed by atoms with Crippen molar-refractivity contribution in [2.24, 2.45) is 0 Å². The number of amides is 1. The summed E-state index contributed by atoms with van der Waals surface area (Å²) in [6.07, 6.45) is 8.15. The van der Waals surface area contributed by atoms with Crippen LogP contribution in [0.4, 0.5) is 0 Å². The molecule has 2 rings (SSSR count). The van der Waals surface area contributed by atoms with Crippen molar-refractivity contribution in [3.05, 3.63) is 23.8 Å². The first-order valence-electron chi connectivity index (χ1n) is 5.24. The molecule has 0 aromatic heterocycles. The fourth-order valence-corrected chi connectivity index (χ4v) is 1.82. The second kappa shape index (κ2) is 4.42. The summed E-state index contributed by atoms with van der Waals surface area (Å²) >= 11 is 0. The van der Waals surface area contributed by atoms with E-state index in [0.29, 0.717) is 0 Å². The molecule has 1 amide bonds. The standard InChI is InChI=1S/C11H16N2O/c14-11(10-4-2-1-3-5-10)13-8-6-12-7-9-13/h2,4-5,12H,1,3,6-9H2. The number of rotatable bonds is 1. The average molecular weight is 192 g/mol. The van der Waals surface area contributed by atoms with Gasteiger partial charge in [-0.15, -0.1) is 0 Å². The molecule has 0 radical (unpaired) electrons. The summed E-state index contributed by atoms with van der Waals surface area (Å²) in [6, 6.07) is 0. The molecule has 76 valence electrons. The Bertz CT molecular complexity index is 275. The van der Waals surface area contributed by atoms with Crippen LogP contribution < -0.4 is 5.32 Å². The van der Waals surface area contributed by atoms with Crippen molar-refractivity contribution in [2.45, 2.75) is 12.8 Å². The summed E-state index contributed by atoms with van der Waals surface area (Å²) in [5.41, 5.74) is 0.873. The molecule has 0 atom stereocenters. The van der Waals surface area contributed by atoms with E-state index in [9.17, 15) is 4.79 Å². The summed E-state index contributed by atoms with van der Waals surface area (Å²) in [5.74, 6) is 0.197. The van der Waals surface area contributed by atoms with Gasteiger partial charge in [0.25, 0.3) is 5.91 Å². The van der Waals surface area contributed by atoms with Crippen molar-refractivity contribution in [3.8, 4) is 0 Å². The zero-order chi connectivity index (χ0) is 9.80. The van der Waals surface area contributed by atoms with Gasteiger partial charge >= 0.3 is 0 Å². The number of allylic oxidation sites excluding steroid dienone is 2. The molecule has 14 heavy (non-hydrogen) atoms. The second-order valence-electron chi connectivity index (χ2n) is 3.68. The van der Waals surface area contributed by atoms with Gasteiger partial charge in [0.1, 0.15) is 0 Å². The van der Waals surface area contributed by atoms with Crippen LogP contribution in [0, 0.1) is 0 Å². The Morgan fingerprint density at radius 1 is 1.29 bits per heavy atom. The van der Waals surface area contributed by atoms with Crippen molar-refractivity contribution >= 4 is 5.91 Å². The molecule has 1 heterocycles. The third-order valence-corrected chi connectivity index (χ3v) is 2.65. The van der Waals surface area contributed by atoms with Gasteiger partial charge in [-0.3, -0.25) is 4.79 Å². The molecule has 2 aliphatic rings. The predicted octanol–water partition coefficient (Wildman–Crippen LogP) is 0.695. The van der Waals surface area contributed by atoms with Gasteiger partial charge in [-0.25, -0.2) is 0 Å². The van der Waals surface area contributed by atoms with E-state index in [4.69, 9.17) is 0 Å². The van der Waals surface area contributed by atoms with Gasteiger partial charge in [-0.05, 0) is 12.8 Å². The van der Waals surface area contributed by atoms with Crippen LogP contribution in [0.15, 0.2) is 23.8 Å². The van der Waals surface area contributed by atoms with E-state index in [0.717, 1.165) is 44.6 Å². The van der Waals surface area contributed by atoms with E-state index in [1.165, 1.54) is 0 Å². The summed E-state index contributed by atoms with van der Waals surface area (Å²) in [4.78, 5) is 13.9. The van der Waals surface area contributed by atoms with Gasteiger partial charge in [-0.1, -0.05) is 18.2 Å². The predicted molar refractivity (Wildman–Crippen MR) is 55.9 cm³/mol. The van der Waals surface area contributed by atoms with Gasteiger partial charge < -0.3 is 10.2 Å². The van der Waals surface area contributed by atoms with Gasteiger partial charge in [0.15, 0.2) is 0 Å². The quantitative estimate of drug-likeness (QED) is 0.663. The van der Waals surface area contributed by atoms with E-state index in [2.05, 4.69) is 11.4 Å².